The fourth-order valence-electron chi connectivity index (χ4n) is 2.84. The fraction of sp³-hybridized carbons (Fsp3) is 0.278. The highest BCUT2D eigenvalue weighted by Crippen LogP contribution is 2.17. The van der Waals surface area contributed by atoms with E-state index in [-0.39, 0.29) is 11.7 Å². The van der Waals surface area contributed by atoms with Gasteiger partial charge in [-0.25, -0.2) is 15.3 Å². The van der Waals surface area contributed by atoms with Crippen LogP contribution in [0.25, 0.3) is 0 Å². The maximum Gasteiger partial charge on any atom is 0.317 e. The Morgan fingerprint density at radius 1 is 1.16 bits per heavy atom. The van der Waals surface area contributed by atoms with Crippen LogP contribution in [0.2, 0.25) is 0 Å². The molecule has 1 aromatic carbocycles. The highest BCUT2D eigenvalue weighted by atomic mass is 16.5. The minimum Gasteiger partial charge on any atom is -0.338 e. The van der Waals surface area contributed by atoms with E-state index >= 15 is 0 Å². The van der Waals surface area contributed by atoms with Gasteiger partial charge in [0.25, 0.3) is 5.91 Å². The molecule has 7 heteroatoms. The summed E-state index contributed by atoms with van der Waals surface area (Å²) < 4.78 is 0. The number of benzene rings is 1. The monoisotopic (exact) mass is 340 g/mol. The molecule has 0 saturated carbocycles. The van der Waals surface area contributed by atoms with E-state index in [4.69, 9.17) is 5.21 Å². The lowest BCUT2D eigenvalue weighted by Gasteiger charge is -2.28. The van der Waals surface area contributed by atoms with Crippen molar-refractivity contribution in [3.8, 4) is 0 Å². The van der Waals surface area contributed by atoms with Crippen molar-refractivity contribution in [3.05, 3.63) is 65.0 Å². The van der Waals surface area contributed by atoms with Gasteiger partial charge in [-0.05, 0) is 23.6 Å². The smallest absolute Gasteiger partial charge is 0.317 e. The number of fused-ring (bicyclic) bond motifs is 1. The number of carbonyl (C=O) groups is 2. The fourth-order valence-corrected chi connectivity index (χ4v) is 2.84. The van der Waals surface area contributed by atoms with Gasteiger partial charge >= 0.3 is 6.03 Å². The first kappa shape index (κ1) is 16.9. The van der Waals surface area contributed by atoms with Gasteiger partial charge in [0.2, 0.25) is 0 Å². The summed E-state index contributed by atoms with van der Waals surface area (Å²) in [6.45, 7) is 1.59. The quantitative estimate of drug-likeness (QED) is 0.581. The van der Waals surface area contributed by atoms with Crippen LogP contribution in [-0.4, -0.2) is 40.1 Å². The summed E-state index contributed by atoms with van der Waals surface area (Å²) >= 11 is 0. The third kappa shape index (κ3) is 4.13. The van der Waals surface area contributed by atoms with Crippen molar-refractivity contribution in [2.45, 2.75) is 19.4 Å². The van der Waals surface area contributed by atoms with Crippen LogP contribution in [0.4, 0.5) is 4.79 Å². The van der Waals surface area contributed by atoms with Crippen LogP contribution in [0.3, 0.4) is 0 Å². The second kappa shape index (κ2) is 7.76. The number of amides is 3. The molecule has 0 saturated heterocycles. The molecule has 0 radical (unpaired) electrons. The van der Waals surface area contributed by atoms with Crippen LogP contribution >= 0.6 is 0 Å². The zero-order chi connectivity index (χ0) is 17.6. The lowest BCUT2D eigenvalue weighted by molar-refractivity contribution is 0.0700. The van der Waals surface area contributed by atoms with Gasteiger partial charge in [-0.2, -0.15) is 0 Å². The van der Waals surface area contributed by atoms with Crippen molar-refractivity contribution >= 4 is 11.9 Å². The number of aromatic nitrogens is 1. The zero-order valence-corrected chi connectivity index (χ0v) is 13.7. The molecule has 0 aliphatic carbocycles. The predicted octanol–water partition coefficient (Wildman–Crippen LogP) is 1.51. The molecular weight excluding hydrogens is 320 g/mol. The number of hydrogen-bond donors (Lipinski definition) is 3. The standard InChI is InChI=1S/C18H20N4O3/c23-17(21-25)16-7-6-14-12-22(11-9-15(14)20-16)18(24)19-10-8-13-4-2-1-3-5-13/h1-7,25H,8-12H2,(H,19,24)(H,21,23). The Bertz CT molecular complexity index is 764. The second-order valence-electron chi connectivity index (χ2n) is 5.88. The van der Waals surface area contributed by atoms with E-state index in [0.29, 0.717) is 26.1 Å². The number of pyridine rings is 1. The first-order valence-electron chi connectivity index (χ1n) is 8.17. The number of carbonyl (C=O) groups excluding carboxylic acids is 2. The molecule has 25 heavy (non-hydrogen) atoms. The first-order valence-corrected chi connectivity index (χ1v) is 8.17. The van der Waals surface area contributed by atoms with E-state index in [9.17, 15) is 9.59 Å². The number of nitrogens with zero attached hydrogens (tertiary/aromatic N) is 2. The minimum absolute atomic E-state index is 0.0984. The molecule has 1 aliphatic heterocycles. The van der Waals surface area contributed by atoms with Crippen molar-refractivity contribution < 1.29 is 14.8 Å². The Balaban J connectivity index is 1.55. The summed E-state index contributed by atoms with van der Waals surface area (Å²) in [6.07, 6.45) is 1.37. The van der Waals surface area contributed by atoms with Crippen LogP contribution in [0.15, 0.2) is 42.5 Å². The summed E-state index contributed by atoms with van der Waals surface area (Å²) in [4.78, 5) is 29.7. The van der Waals surface area contributed by atoms with Gasteiger partial charge in [-0.15, -0.1) is 0 Å². The third-order valence-electron chi connectivity index (χ3n) is 4.20. The van der Waals surface area contributed by atoms with Crippen molar-refractivity contribution in [2.24, 2.45) is 0 Å². The third-order valence-corrected chi connectivity index (χ3v) is 4.20. The molecule has 7 nitrogen and oxygen atoms in total. The molecule has 0 fully saturated rings. The normalized spacial score (nSPS) is 13.1. The highest BCUT2D eigenvalue weighted by molar-refractivity contribution is 5.91. The van der Waals surface area contributed by atoms with E-state index in [1.54, 1.807) is 22.5 Å². The van der Waals surface area contributed by atoms with Crippen LogP contribution in [0.5, 0.6) is 0 Å². The molecule has 2 heterocycles. The second-order valence-corrected chi connectivity index (χ2v) is 5.88. The van der Waals surface area contributed by atoms with Gasteiger partial charge < -0.3 is 10.2 Å². The summed E-state index contributed by atoms with van der Waals surface area (Å²) in [7, 11) is 0. The largest absolute Gasteiger partial charge is 0.338 e. The molecular formula is C18H20N4O3. The molecule has 0 atom stereocenters. The van der Waals surface area contributed by atoms with Crippen molar-refractivity contribution in [1.82, 2.24) is 20.7 Å². The maximum absolute atomic E-state index is 12.3. The molecule has 3 N–H and O–H groups in total. The van der Waals surface area contributed by atoms with Crippen LogP contribution in [0.1, 0.15) is 27.3 Å². The molecule has 130 valence electrons. The molecule has 0 unspecified atom stereocenters. The van der Waals surface area contributed by atoms with E-state index < -0.39 is 5.91 Å². The van der Waals surface area contributed by atoms with Crippen LogP contribution in [0, 0.1) is 0 Å². The summed E-state index contributed by atoms with van der Waals surface area (Å²) in [6, 6.07) is 13.2. The maximum atomic E-state index is 12.3. The molecule has 1 aliphatic rings. The molecule has 0 bridgehead atoms. The molecule has 0 spiro atoms. The number of urea groups is 1. The summed E-state index contributed by atoms with van der Waals surface area (Å²) in [5.74, 6) is -0.635. The van der Waals surface area contributed by atoms with Gasteiger partial charge in [-0.3, -0.25) is 10.0 Å². The first-order chi connectivity index (χ1) is 12.2. The Labute approximate surface area is 145 Å². The van der Waals surface area contributed by atoms with Gasteiger partial charge in [0, 0.05) is 31.7 Å². The molecule has 1 aromatic heterocycles. The topological polar surface area (TPSA) is 94.6 Å². The van der Waals surface area contributed by atoms with Crippen LogP contribution in [-0.2, 0) is 19.4 Å². The molecule has 3 amide bonds. The van der Waals surface area contributed by atoms with E-state index in [1.165, 1.54) is 5.56 Å². The Morgan fingerprint density at radius 2 is 1.96 bits per heavy atom. The van der Waals surface area contributed by atoms with Crippen molar-refractivity contribution in [1.29, 1.82) is 0 Å². The number of nitrogens with one attached hydrogen (secondary N) is 2. The van der Waals surface area contributed by atoms with Crippen molar-refractivity contribution in [2.75, 3.05) is 13.1 Å². The van der Waals surface area contributed by atoms with Gasteiger partial charge in [0.05, 0.1) is 0 Å². The number of hydroxylamine groups is 1. The SMILES string of the molecule is O=C(NO)c1ccc2c(n1)CCN(C(=O)NCCc1ccccc1)C2. The van der Waals surface area contributed by atoms with E-state index in [1.807, 2.05) is 30.3 Å². The Hall–Kier alpha value is -2.93. The average Bonchev–Trinajstić information content (AvgIpc) is 2.67. The Morgan fingerprint density at radius 3 is 2.72 bits per heavy atom. The summed E-state index contributed by atoms with van der Waals surface area (Å²) in [5.41, 5.74) is 4.63. The van der Waals surface area contributed by atoms with Gasteiger partial charge in [0.15, 0.2) is 0 Å². The van der Waals surface area contributed by atoms with Crippen molar-refractivity contribution in [3.63, 3.8) is 0 Å². The van der Waals surface area contributed by atoms with E-state index in [2.05, 4.69) is 10.3 Å². The molecule has 3 rings (SSSR count). The lowest BCUT2D eigenvalue weighted by atomic mass is 10.1. The predicted molar refractivity (Wildman–Crippen MR) is 91.1 cm³/mol. The van der Waals surface area contributed by atoms with E-state index in [0.717, 1.165) is 17.7 Å². The average molecular weight is 340 g/mol. The summed E-state index contributed by atoms with van der Waals surface area (Å²) in [5, 5.41) is 11.6. The molecule has 2 aromatic rings. The van der Waals surface area contributed by atoms with Gasteiger partial charge in [-0.1, -0.05) is 36.4 Å². The lowest BCUT2D eigenvalue weighted by Crippen LogP contribution is -2.43. The number of rotatable bonds is 4. The van der Waals surface area contributed by atoms with Crippen LogP contribution < -0.4 is 10.8 Å². The Kier molecular flexibility index (Phi) is 5.25. The number of hydrogen-bond acceptors (Lipinski definition) is 4. The van der Waals surface area contributed by atoms with Gasteiger partial charge in [0.1, 0.15) is 5.69 Å². The zero-order valence-electron chi connectivity index (χ0n) is 13.7. The highest BCUT2D eigenvalue weighted by Gasteiger charge is 2.22. The minimum atomic E-state index is -0.635.